The summed E-state index contributed by atoms with van der Waals surface area (Å²) in [6.07, 6.45) is 3.12. The lowest BCUT2D eigenvalue weighted by Crippen LogP contribution is -2.24. The number of ether oxygens (including phenoxy) is 2. The fourth-order valence-electron chi connectivity index (χ4n) is 2.02. The van der Waals surface area contributed by atoms with Crippen LogP contribution in [0.3, 0.4) is 0 Å². The maximum absolute atomic E-state index is 12.0. The van der Waals surface area contributed by atoms with E-state index >= 15 is 0 Å². The van der Waals surface area contributed by atoms with Crippen molar-refractivity contribution in [1.29, 1.82) is 0 Å². The van der Waals surface area contributed by atoms with Crippen molar-refractivity contribution in [3.05, 3.63) is 17.6 Å². The van der Waals surface area contributed by atoms with E-state index in [-0.39, 0.29) is 5.97 Å². The Labute approximate surface area is 137 Å². The van der Waals surface area contributed by atoms with Crippen molar-refractivity contribution in [1.82, 2.24) is 9.97 Å². The number of hydrogen-bond acceptors (Lipinski definition) is 7. The van der Waals surface area contributed by atoms with Crippen LogP contribution in [0.4, 0.5) is 5.82 Å². The van der Waals surface area contributed by atoms with Crippen molar-refractivity contribution in [2.75, 3.05) is 31.7 Å². The molecule has 0 N–H and O–H groups in total. The molecule has 0 radical (unpaired) electrons. The second kappa shape index (κ2) is 9.76. The summed E-state index contributed by atoms with van der Waals surface area (Å²) in [4.78, 5) is 33.8. The van der Waals surface area contributed by atoms with Crippen LogP contribution < -0.4 is 4.90 Å². The van der Waals surface area contributed by atoms with E-state index in [4.69, 9.17) is 9.47 Å². The van der Waals surface area contributed by atoms with Gasteiger partial charge in [-0.2, -0.15) is 0 Å². The van der Waals surface area contributed by atoms with E-state index in [9.17, 15) is 9.59 Å². The van der Waals surface area contributed by atoms with E-state index in [1.54, 1.807) is 13.8 Å². The van der Waals surface area contributed by atoms with E-state index in [2.05, 4.69) is 9.97 Å². The van der Waals surface area contributed by atoms with Gasteiger partial charge in [-0.1, -0.05) is 6.92 Å². The van der Waals surface area contributed by atoms with E-state index in [0.717, 1.165) is 0 Å². The molecular formula is C16H25N3O4. The minimum absolute atomic E-state index is 0.219. The smallest absolute Gasteiger partial charge is 0.343 e. The number of rotatable bonds is 9. The molecule has 0 aliphatic carbocycles. The molecule has 7 nitrogen and oxygen atoms in total. The highest BCUT2D eigenvalue weighted by Crippen LogP contribution is 2.18. The molecule has 0 saturated carbocycles. The fourth-order valence-corrected chi connectivity index (χ4v) is 2.02. The molecule has 23 heavy (non-hydrogen) atoms. The molecule has 0 bridgehead atoms. The Morgan fingerprint density at radius 1 is 1.17 bits per heavy atom. The number of aromatic nitrogens is 2. The van der Waals surface area contributed by atoms with Gasteiger partial charge in [0.1, 0.15) is 17.2 Å². The van der Waals surface area contributed by atoms with Crippen LogP contribution in [0.25, 0.3) is 0 Å². The Balaban J connectivity index is 2.81. The Hall–Kier alpha value is -2.18. The molecule has 1 rings (SSSR count). The number of esters is 2. The van der Waals surface area contributed by atoms with Crippen molar-refractivity contribution >= 4 is 17.8 Å². The maximum atomic E-state index is 12.0. The molecule has 1 aromatic rings. The van der Waals surface area contributed by atoms with Gasteiger partial charge in [0.15, 0.2) is 0 Å². The molecule has 0 aliphatic rings. The van der Waals surface area contributed by atoms with Crippen LogP contribution in [0, 0.1) is 0 Å². The summed E-state index contributed by atoms with van der Waals surface area (Å²) in [7, 11) is 1.83. The monoisotopic (exact) mass is 323 g/mol. The number of carbonyl (C=O) groups excluding carboxylic acids is 2. The quantitative estimate of drug-likeness (QED) is 0.643. The third-order valence-electron chi connectivity index (χ3n) is 3.17. The van der Waals surface area contributed by atoms with E-state index < -0.39 is 5.97 Å². The number of nitrogens with zero attached hydrogens (tertiary/aromatic N) is 3. The predicted molar refractivity (Wildman–Crippen MR) is 86.5 cm³/mol. The van der Waals surface area contributed by atoms with Gasteiger partial charge in [0.05, 0.1) is 13.2 Å². The second-order valence-electron chi connectivity index (χ2n) is 4.93. The molecule has 0 aliphatic heterocycles. The third-order valence-corrected chi connectivity index (χ3v) is 3.17. The molecule has 128 valence electrons. The average molecular weight is 323 g/mol. The van der Waals surface area contributed by atoms with Crippen LogP contribution in [0.1, 0.15) is 49.8 Å². The molecule has 1 aromatic heterocycles. The SMILES string of the molecule is CCOC(=O)CCCN(C)c1nc(CC)ncc1C(=O)OCC. The first-order valence-corrected chi connectivity index (χ1v) is 7.93. The van der Waals surface area contributed by atoms with Gasteiger partial charge < -0.3 is 14.4 Å². The minimum Gasteiger partial charge on any atom is -0.466 e. The zero-order chi connectivity index (χ0) is 17.2. The lowest BCUT2D eigenvalue weighted by molar-refractivity contribution is -0.143. The molecule has 0 fully saturated rings. The van der Waals surface area contributed by atoms with Gasteiger partial charge in [0.25, 0.3) is 0 Å². The van der Waals surface area contributed by atoms with Crippen LogP contribution in [0.15, 0.2) is 6.20 Å². The molecule has 0 saturated heterocycles. The number of anilines is 1. The summed E-state index contributed by atoms with van der Waals surface area (Å²) < 4.78 is 9.95. The zero-order valence-electron chi connectivity index (χ0n) is 14.3. The van der Waals surface area contributed by atoms with Gasteiger partial charge in [0.2, 0.25) is 0 Å². The lowest BCUT2D eigenvalue weighted by atomic mass is 10.2. The number of aryl methyl sites for hydroxylation is 1. The highest BCUT2D eigenvalue weighted by atomic mass is 16.5. The summed E-state index contributed by atoms with van der Waals surface area (Å²) in [5.74, 6) is 0.523. The normalized spacial score (nSPS) is 10.3. The van der Waals surface area contributed by atoms with Crippen molar-refractivity contribution in [3.63, 3.8) is 0 Å². The first-order chi connectivity index (χ1) is 11.0. The molecule has 0 unspecified atom stereocenters. The minimum atomic E-state index is -0.442. The van der Waals surface area contributed by atoms with Crippen molar-refractivity contribution in [2.45, 2.75) is 40.0 Å². The molecule has 0 amide bonds. The predicted octanol–water partition coefficient (Wildman–Crippen LogP) is 2.00. The Kier molecular flexibility index (Phi) is 8.01. The maximum Gasteiger partial charge on any atom is 0.343 e. The largest absolute Gasteiger partial charge is 0.466 e. The van der Waals surface area contributed by atoms with Crippen LogP contribution >= 0.6 is 0 Å². The number of hydrogen-bond donors (Lipinski definition) is 0. The van der Waals surface area contributed by atoms with Crippen LogP contribution in [0.2, 0.25) is 0 Å². The van der Waals surface area contributed by atoms with Gasteiger partial charge in [-0.25, -0.2) is 14.8 Å². The molecular weight excluding hydrogens is 298 g/mol. The lowest BCUT2D eigenvalue weighted by Gasteiger charge is -2.20. The third kappa shape index (κ3) is 5.84. The standard InChI is InChI=1S/C16H25N3O4/c1-5-13-17-11-12(16(21)23-7-3)15(18-13)19(4)10-8-9-14(20)22-6-2/h11H,5-10H2,1-4H3. The van der Waals surface area contributed by atoms with Gasteiger partial charge >= 0.3 is 11.9 Å². The molecule has 0 spiro atoms. The molecule has 0 atom stereocenters. The first-order valence-electron chi connectivity index (χ1n) is 7.93. The summed E-state index contributed by atoms with van der Waals surface area (Å²) in [5, 5.41) is 0. The Bertz CT molecular complexity index is 534. The van der Waals surface area contributed by atoms with Gasteiger partial charge in [0, 0.05) is 32.6 Å². The van der Waals surface area contributed by atoms with Crippen LogP contribution in [0.5, 0.6) is 0 Å². The van der Waals surface area contributed by atoms with Gasteiger partial charge in [-0.3, -0.25) is 4.79 Å². The highest BCUT2D eigenvalue weighted by Gasteiger charge is 2.18. The summed E-state index contributed by atoms with van der Waals surface area (Å²) >= 11 is 0. The van der Waals surface area contributed by atoms with Gasteiger partial charge in [-0.15, -0.1) is 0 Å². The first kappa shape index (κ1) is 18.9. The van der Waals surface area contributed by atoms with Crippen LogP contribution in [-0.4, -0.2) is 48.7 Å². The Morgan fingerprint density at radius 3 is 2.48 bits per heavy atom. The van der Waals surface area contributed by atoms with Crippen molar-refractivity contribution in [3.8, 4) is 0 Å². The average Bonchev–Trinajstić information content (AvgIpc) is 2.54. The summed E-state index contributed by atoms with van der Waals surface area (Å²) in [5.41, 5.74) is 0.336. The van der Waals surface area contributed by atoms with E-state index in [0.29, 0.717) is 56.2 Å². The summed E-state index contributed by atoms with van der Waals surface area (Å²) in [6, 6.07) is 0. The number of carbonyl (C=O) groups is 2. The molecule has 1 heterocycles. The Morgan fingerprint density at radius 2 is 1.87 bits per heavy atom. The van der Waals surface area contributed by atoms with E-state index in [1.807, 2.05) is 18.9 Å². The highest BCUT2D eigenvalue weighted by molar-refractivity contribution is 5.94. The zero-order valence-corrected chi connectivity index (χ0v) is 14.3. The fraction of sp³-hybridized carbons (Fsp3) is 0.625. The van der Waals surface area contributed by atoms with Crippen molar-refractivity contribution in [2.24, 2.45) is 0 Å². The van der Waals surface area contributed by atoms with E-state index in [1.165, 1.54) is 6.20 Å². The topological polar surface area (TPSA) is 81.6 Å². The van der Waals surface area contributed by atoms with Crippen LogP contribution in [-0.2, 0) is 20.7 Å². The molecule has 7 heteroatoms. The summed E-state index contributed by atoms with van der Waals surface area (Å²) in [6.45, 7) is 6.73. The van der Waals surface area contributed by atoms with Gasteiger partial charge in [-0.05, 0) is 20.3 Å². The second-order valence-corrected chi connectivity index (χ2v) is 4.93. The van der Waals surface area contributed by atoms with Crippen molar-refractivity contribution < 1.29 is 19.1 Å². The molecule has 0 aromatic carbocycles.